The molecule has 0 spiro atoms. The molecule has 1 aliphatic heterocycles. The van der Waals surface area contributed by atoms with E-state index in [0.29, 0.717) is 32.5 Å². The van der Waals surface area contributed by atoms with Crippen molar-refractivity contribution in [2.75, 3.05) is 25.4 Å². The fourth-order valence-corrected chi connectivity index (χ4v) is 6.18. The third-order valence-electron chi connectivity index (χ3n) is 7.49. The van der Waals surface area contributed by atoms with Gasteiger partial charge in [0.15, 0.2) is 11.0 Å². The van der Waals surface area contributed by atoms with Crippen molar-refractivity contribution in [2.45, 2.75) is 82.8 Å². The van der Waals surface area contributed by atoms with Crippen molar-refractivity contribution in [1.82, 2.24) is 24.6 Å². The summed E-state index contributed by atoms with van der Waals surface area (Å²) in [6.07, 6.45) is 8.70. The van der Waals surface area contributed by atoms with E-state index in [1.54, 1.807) is 11.8 Å². The minimum absolute atomic E-state index is 0.0829. The van der Waals surface area contributed by atoms with Crippen LogP contribution >= 0.6 is 11.8 Å². The number of benzene rings is 2. The molecule has 8 heteroatoms. The first-order valence-corrected chi connectivity index (χ1v) is 15.8. The van der Waals surface area contributed by atoms with Gasteiger partial charge in [-0.05, 0) is 38.3 Å². The molecule has 2 amide bonds. The second-order valence-electron chi connectivity index (χ2n) is 10.6. The minimum Gasteiger partial charge on any atom is -0.339 e. The van der Waals surface area contributed by atoms with Crippen LogP contribution in [-0.4, -0.2) is 67.8 Å². The Kier molecular flexibility index (Phi) is 11.6. The molecule has 1 fully saturated rings. The average Bonchev–Trinajstić information content (AvgIpc) is 3.41. The smallest absolute Gasteiger partial charge is 0.222 e. The molecular formula is C32H43N5O2S. The van der Waals surface area contributed by atoms with Crippen LogP contribution in [0.4, 0.5) is 0 Å². The number of carbonyl (C=O) groups excluding carboxylic acids is 2. The van der Waals surface area contributed by atoms with Gasteiger partial charge < -0.3 is 9.80 Å². The topological polar surface area (TPSA) is 71.3 Å². The summed E-state index contributed by atoms with van der Waals surface area (Å²) >= 11 is 1.68. The number of hydrogen-bond acceptors (Lipinski definition) is 5. The summed E-state index contributed by atoms with van der Waals surface area (Å²) in [6, 6.07) is 20.4. The van der Waals surface area contributed by atoms with Gasteiger partial charge in [-0.15, -0.1) is 10.2 Å². The van der Waals surface area contributed by atoms with E-state index in [2.05, 4.69) is 52.9 Å². The predicted molar refractivity (Wildman–Crippen MR) is 163 cm³/mol. The molecule has 0 saturated carbocycles. The number of carbonyl (C=O) groups is 2. The maximum Gasteiger partial charge on any atom is 0.222 e. The lowest BCUT2D eigenvalue weighted by Gasteiger charge is -2.40. The number of rotatable bonds is 14. The van der Waals surface area contributed by atoms with Gasteiger partial charge in [0, 0.05) is 55.5 Å². The molecule has 2 heterocycles. The fourth-order valence-electron chi connectivity index (χ4n) is 5.23. The van der Waals surface area contributed by atoms with Gasteiger partial charge in [0.1, 0.15) is 0 Å². The molecule has 0 N–H and O–H groups in total. The van der Waals surface area contributed by atoms with E-state index in [4.69, 9.17) is 0 Å². The van der Waals surface area contributed by atoms with Crippen molar-refractivity contribution in [1.29, 1.82) is 0 Å². The van der Waals surface area contributed by atoms with Gasteiger partial charge in [-0.25, -0.2) is 0 Å². The Bertz CT molecular complexity index is 1200. The molecule has 3 aromatic rings. The average molecular weight is 562 g/mol. The number of piperazine rings is 1. The van der Waals surface area contributed by atoms with Gasteiger partial charge in [0.05, 0.1) is 0 Å². The van der Waals surface area contributed by atoms with Gasteiger partial charge in [-0.1, -0.05) is 92.9 Å². The largest absolute Gasteiger partial charge is 0.339 e. The maximum absolute atomic E-state index is 12.9. The number of hydrogen-bond donors (Lipinski definition) is 0. The Labute approximate surface area is 243 Å². The molecule has 214 valence electrons. The molecule has 1 aliphatic rings. The summed E-state index contributed by atoms with van der Waals surface area (Å²) < 4.78 is 2.11. The predicted octanol–water partition coefficient (Wildman–Crippen LogP) is 6.62. The van der Waals surface area contributed by atoms with E-state index >= 15 is 0 Å². The standard InChI is InChI=1S/C32H43N5O2S/c1-3-4-5-6-13-21-30(39)36-23-22-35(25-26(36)2)29(38)20-14-15-24-40-32-34-33-31(27-16-9-7-10-17-27)37(32)28-18-11-8-12-19-28/h7-12,16-19,26H,3-6,13-15,20-25H2,1-2H3. The molecule has 1 saturated heterocycles. The number of aromatic nitrogens is 3. The highest BCUT2D eigenvalue weighted by molar-refractivity contribution is 7.99. The van der Waals surface area contributed by atoms with Gasteiger partial charge in [-0.2, -0.15) is 0 Å². The van der Waals surface area contributed by atoms with Crippen molar-refractivity contribution < 1.29 is 9.59 Å². The summed E-state index contributed by atoms with van der Waals surface area (Å²) in [5, 5.41) is 9.87. The zero-order valence-corrected chi connectivity index (χ0v) is 24.8. The molecule has 4 rings (SSSR count). The zero-order chi connectivity index (χ0) is 28.2. The molecule has 40 heavy (non-hydrogen) atoms. The number of amides is 2. The molecule has 1 aromatic heterocycles. The van der Waals surface area contributed by atoms with Crippen LogP contribution in [0, 0.1) is 0 Å². The third kappa shape index (κ3) is 8.19. The van der Waals surface area contributed by atoms with E-state index in [-0.39, 0.29) is 17.9 Å². The third-order valence-corrected chi connectivity index (χ3v) is 8.51. The number of para-hydroxylation sites is 1. The van der Waals surface area contributed by atoms with Crippen LogP contribution < -0.4 is 0 Å². The summed E-state index contributed by atoms with van der Waals surface area (Å²) in [7, 11) is 0. The fraction of sp³-hybridized carbons (Fsp3) is 0.500. The highest BCUT2D eigenvalue weighted by atomic mass is 32.2. The lowest BCUT2D eigenvalue weighted by Crippen LogP contribution is -2.55. The van der Waals surface area contributed by atoms with Crippen molar-refractivity contribution in [3.05, 3.63) is 60.7 Å². The quantitative estimate of drug-likeness (QED) is 0.163. The lowest BCUT2D eigenvalue weighted by atomic mass is 10.1. The number of nitrogens with zero attached hydrogens (tertiary/aromatic N) is 5. The van der Waals surface area contributed by atoms with E-state index in [9.17, 15) is 9.59 Å². The van der Waals surface area contributed by atoms with Crippen molar-refractivity contribution in [3.8, 4) is 17.1 Å². The van der Waals surface area contributed by atoms with Crippen LogP contribution in [0.5, 0.6) is 0 Å². The van der Waals surface area contributed by atoms with Crippen molar-refractivity contribution in [3.63, 3.8) is 0 Å². The van der Waals surface area contributed by atoms with Crippen molar-refractivity contribution >= 4 is 23.6 Å². The summed E-state index contributed by atoms with van der Waals surface area (Å²) in [6.45, 7) is 6.20. The highest BCUT2D eigenvalue weighted by Crippen LogP contribution is 2.28. The molecule has 7 nitrogen and oxygen atoms in total. The minimum atomic E-state index is 0.0829. The Morgan fingerprint density at radius 1 is 0.825 bits per heavy atom. The molecular weight excluding hydrogens is 518 g/mol. The van der Waals surface area contributed by atoms with Gasteiger partial charge in [0.2, 0.25) is 11.8 Å². The normalized spacial score (nSPS) is 15.4. The summed E-state index contributed by atoms with van der Waals surface area (Å²) in [4.78, 5) is 29.5. The molecule has 1 atom stereocenters. The Hall–Kier alpha value is -3.13. The zero-order valence-electron chi connectivity index (χ0n) is 24.0. The van der Waals surface area contributed by atoms with Crippen LogP contribution in [0.25, 0.3) is 17.1 Å². The monoisotopic (exact) mass is 561 g/mol. The summed E-state index contributed by atoms with van der Waals surface area (Å²) in [5.74, 6) is 2.13. The first-order chi connectivity index (χ1) is 19.6. The first-order valence-electron chi connectivity index (χ1n) is 14.8. The first kappa shape index (κ1) is 29.8. The molecule has 0 bridgehead atoms. The number of unbranched alkanes of at least 4 members (excludes halogenated alkanes) is 5. The second-order valence-corrected chi connectivity index (χ2v) is 11.7. The van der Waals surface area contributed by atoms with E-state index in [1.807, 2.05) is 46.2 Å². The van der Waals surface area contributed by atoms with Crippen LogP contribution in [0.3, 0.4) is 0 Å². The Morgan fingerprint density at radius 3 is 2.23 bits per heavy atom. The van der Waals surface area contributed by atoms with E-state index in [0.717, 1.165) is 53.7 Å². The van der Waals surface area contributed by atoms with Crippen LogP contribution in [0.1, 0.15) is 71.6 Å². The molecule has 2 aromatic carbocycles. The van der Waals surface area contributed by atoms with Gasteiger partial charge >= 0.3 is 0 Å². The number of thioether (sulfide) groups is 1. The lowest BCUT2D eigenvalue weighted by molar-refractivity contribution is -0.142. The van der Waals surface area contributed by atoms with E-state index in [1.165, 1.54) is 19.3 Å². The van der Waals surface area contributed by atoms with Gasteiger partial charge in [-0.3, -0.25) is 14.2 Å². The SMILES string of the molecule is CCCCCCCC(=O)N1CCN(C(=O)CCCCSc2nnc(-c3ccccc3)n2-c2ccccc2)CC1C. The molecule has 1 unspecified atom stereocenters. The van der Waals surface area contributed by atoms with Gasteiger partial charge in [0.25, 0.3) is 0 Å². The van der Waals surface area contributed by atoms with Crippen LogP contribution in [-0.2, 0) is 9.59 Å². The van der Waals surface area contributed by atoms with Crippen molar-refractivity contribution in [2.24, 2.45) is 0 Å². The van der Waals surface area contributed by atoms with E-state index < -0.39 is 0 Å². The second kappa shape index (κ2) is 15.6. The Morgan fingerprint density at radius 2 is 1.50 bits per heavy atom. The maximum atomic E-state index is 12.9. The summed E-state index contributed by atoms with van der Waals surface area (Å²) in [5.41, 5.74) is 2.06. The van der Waals surface area contributed by atoms with Crippen LogP contribution in [0.2, 0.25) is 0 Å². The Balaban J connectivity index is 1.22. The highest BCUT2D eigenvalue weighted by Gasteiger charge is 2.29. The molecule has 0 radical (unpaired) electrons. The molecule has 0 aliphatic carbocycles. The van der Waals surface area contributed by atoms with Crippen LogP contribution in [0.15, 0.2) is 65.8 Å².